The Morgan fingerprint density at radius 2 is 2.06 bits per heavy atom. The van der Waals surface area contributed by atoms with Crippen LogP contribution < -0.4 is 10.1 Å². The van der Waals surface area contributed by atoms with Crippen molar-refractivity contribution in [1.29, 1.82) is 0 Å². The van der Waals surface area contributed by atoms with Crippen LogP contribution in [0.3, 0.4) is 0 Å². The molecule has 0 spiro atoms. The van der Waals surface area contributed by atoms with E-state index >= 15 is 0 Å². The number of benzene rings is 1. The maximum Gasteiger partial charge on any atom is 0.128 e. The Labute approximate surface area is 108 Å². The van der Waals surface area contributed by atoms with Crippen molar-refractivity contribution in [3.8, 4) is 17.0 Å². The molecule has 0 saturated heterocycles. The fraction of sp³-hybridized carbons (Fsp3) is 0.357. The largest absolute Gasteiger partial charge is 0.496 e. The van der Waals surface area contributed by atoms with E-state index in [-0.39, 0.29) is 0 Å². The lowest BCUT2D eigenvalue weighted by Crippen LogP contribution is -2.10. The summed E-state index contributed by atoms with van der Waals surface area (Å²) in [6.45, 7) is 2.83. The van der Waals surface area contributed by atoms with E-state index in [2.05, 4.69) is 16.8 Å². The minimum Gasteiger partial charge on any atom is -0.496 e. The first-order valence-electron chi connectivity index (χ1n) is 5.99. The van der Waals surface area contributed by atoms with E-state index in [0.29, 0.717) is 0 Å². The molecule has 1 heterocycles. The van der Waals surface area contributed by atoms with Crippen molar-refractivity contribution in [1.82, 2.24) is 14.9 Å². The van der Waals surface area contributed by atoms with Crippen molar-refractivity contribution in [2.75, 3.05) is 14.2 Å². The molecular formula is C14H19N3O. The molecule has 0 fully saturated rings. The molecule has 2 aromatic rings. The van der Waals surface area contributed by atoms with Crippen molar-refractivity contribution in [2.45, 2.75) is 13.5 Å². The Bertz CT molecular complexity index is 546. The third-order valence-corrected chi connectivity index (χ3v) is 3.17. The molecule has 0 bridgehead atoms. The quantitative estimate of drug-likeness (QED) is 0.896. The zero-order valence-corrected chi connectivity index (χ0v) is 11.3. The average Bonchev–Trinajstić information content (AvgIpc) is 2.67. The fourth-order valence-electron chi connectivity index (χ4n) is 2.05. The Balaban J connectivity index is 2.54. The van der Waals surface area contributed by atoms with Gasteiger partial charge in [-0.2, -0.15) is 0 Å². The number of rotatable bonds is 4. The normalized spacial score (nSPS) is 10.7. The molecule has 4 heteroatoms. The molecule has 96 valence electrons. The summed E-state index contributed by atoms with van der Waals surface area (Å²) in [6.07, 6.45) is 0. The van der Waals surface area contributed by atoms with Gasteiger partial charge in [0.2, 0.25) is 0 Å². The Kier molecular flexibility index (Phi) is 3.67. The van der Waals surface area contributed by atoms with E-state index in [9.17, 15) is 0 Å². The molecule has 0 radical (unpaired) electrons. The molecule has 0 saturated carbocycles. The van der Waals surface area contributed by atoms with Gasteiger partial charge in [0, 0.05) is 18.3 Å². The van der Waals surface area contributed by atoms with Gasteiger partial charge in [-0.05, 0) is 26.1 Å². The highest BCUT2D eigenvalue weighted by molar-refractivity contribution is 5.69. The summed E-state index contributed by atoms with van der Waals surface area (Å²) in [4.78, 5) is 4.70. The van der Waals surface area contributed by atoms with Gasteiger partial charge in [-0.15, -0.1) is 0 Å². The highest BCUT2D eigenvalue weighted by Crippen LogP contribution is 2.31. The zero-order chi connectivity index (χ0) is 13.1. The van der Waals surface area contributed by atoms with Crippen LogP contribution in [0.4, 0.5) is 0 Å². The second kappa shape index (κ2) is 5.23. The summed E-state index contributed by atoms with van der Waals surface area (Å²) in [5, 5.41) is 3.13. The third-order valence-electron chi connectivity index (χ3n) is 3.17. The van der Waals surface area contributed by atoms with Crippen molar-refractivity contribution >= 4 is 0 Å². The second-order valence-electron chi connectivity index (χ2n) is 4.25. The van der Waals surface area contributed by atoms with Gasteiger partial charge in [-0.25, -0.2) is 4.98 Å². The molecule has 0 unspecified atom stereocenters. The Hall–Kier alpha value is -1.81. The maximum atomic E-state index is 5.40. The van der Waals surface area contributed by atoms with Crippen LogP contribution in [0.25, 0.3) is 11.3 Å². The van der Waals surface area contributed by atoms with Crippen molar-refractivity contribution in [3.63, 3.8) is 0 Å². The van der Waals surface area contributed by atoms with Gasteiger partial charge in [0.25, 0.3) is 0 Å². The lowest BCUT2D eigenvalue weighted by molar-refractivity contribution is 0.416. The predicted molar refractivity (Wildman–Crippen MR) is 72.7 cm³/mol. The summed E-state index contributed by atoms with van der Waals surface area (Å²) in [5.41, 5.74) is 3.17. The first kappa shape index (κ1) is 12.6. The second-order valence-corrected chi connectivity index (χ2v) is 4.25. The van der Waals surface area contributed by atoms with E-state index in [1.165, 1.54) is 0 Å². The van der Waals surface area contributed by atoms with Crippen LogP contribution in [0.1, 0.15) is 11.5 Å². The highest BCUT2D eigenvalue weighted by Gasteiger charge is 2.15. The number of aromatic nitrogens is 2. The topological polar surface area (TPSA) is 39.1 Å². The summed E-state index contributed by atoms with van der Waals surface area (Å²) in [6, 6.07) is 7.97. The van der Waals surface area contributed by atoms with E-state index in [4.69, 9.17) is 9.72 Å². The lowest BCUT2D eigenvalue weighted by atomic mass is 10.1. The molecule has 1 N–H and O–H groups in total. The van der Waals surface area contributed by atoms with Gasteiger partial charge >= 0.3 is 0 Å². The number of hydrogen-bond acceptors (Lipinski definition) is 3. The summed E-state index contributed by atoms with van der Waals surface area (Å²) >= 11 is 0. The number of methoxy groups -OCH3 is 1. The molecular weight excluding hydrogens is 226 g/mol. The Morgan fingerprint density at radius 1 is 1.33 bits per heavy atom. The van der Waals surface area contributed by atoms with Gasteiger partial charge in [0.05, 0.1) is 19.3 Å². The molecule has 1 aromatic carbocycles. The SMILES string of the molecule is CNCc1nc(-c2ccccc2OC)c(C)n1C. The number of ether oxygens (including phenoxy) is 1. The molecule has 2 rings (SSSR count). The van der Waals surface area contributed by atoms with Crippen LogP contribution in [0.15, 0.2) is 24.3 Å². The van der Waals surface area contributed by atoms with Crippen LogP contribution >= 0.6 is 0 Å². The van der Waals surface area contributed by atoms with E-state index < -0.39 is 0 Å². The van der Waals surface area contributed by atoms with Crippen LogP contribution in [0.5, 0.6) is 5.75 Å². The van der Waals surface area contributed by atoms with E-state index in [1.807, 2.05) is 38.4 Å². The molecule has 4 nitrogen and oxygen atoms in total. The predicted octanol–water partition coefficient (Wildman–Crippen LogP) is 2.12. The summed E-state index contributed by atoms with van der Waals surface area (Å²) in [5.74, 6) is 1.88. The first-order valence-corrected chi connectivity index (χ1v) is 5.99. The monoisotopic (exact) mass is 245 g/mol. The van der Waals surface area contributed by atoms with Gasteiger partial charge in [0.1, 0.15) is 11.6 Å². The zero-order valence-electron chi connectivity index (χ0n) is 11.3. The third kappa shape index (κ3) is 2.11. The number of imidazole rings is 1. The van der Waals surface area contributed by atoms with Crippen LogP contribution in [-0.4, -0.2) is 23.7 Å². The fourth-order valence-corrected chi connectivity index (χ4v) is 2.05. The van der Waals surface area contributed by atoms with Gasteiger partial charge in [-0.1, -0.05) is 12.1 Å². The van der Waals surface area contributed by atoms with Crippen LogP contribution in [-0.2, 0) is 13.6 Å². The smallest absolute Gasteiger partial charge is 0.128 e. The molecule has 0 aliphatic rings. The van der Waals surface area contributed by atoms with Crippen molar-refractivity contribution in [3.05, 3.63) is 35.8 Å². The molecule has 1 aromatic heterocycles. The average molecular weight is 245 g/mol. The summed E-state index contributed by atoms with van der Waals surface area (Å²) in [7, 11) is 5.65. The van der Waals surface area contributed by atoms with Gasteiger partial charge in [-0.3, -0.25) is 0 Å². The van der Waals surface area contributed by atoms with E-state index in [1.54, 1.807) is 7.11 Å². The number of nitrogens with one attached hydrogen (secondary N) is 1. The molecule has 0 aliphatic heterocycles. The number of hydrogen-bond donors (Lipinski definition) is 1. The summed E-state index contributed by atoms with van der Waals surface area (Å²) < 4.78 is 7.51. The van der Waals surface area contributed by atoms with E-state index in [0.717, 1.165) is 35.1 Å². The molecule has 0 atom stereocenters. The lowest BCUT2D eigenvalue weighted by Gasteiger charge is -2.06. The number of nitrogens with zero attached hydrogens (tertiary/aromatic N) is 2. The minimum absolute atomic E-state index is 0.756. The first-order chi connectivity index (χ1) is 8.69. The maximum absolute atomic E-state index is 5.40. The van der Waals surface area contributed by atoms with Crippen LogP contribution in [0.2, 0.25) is 0 Å². The highest BCUT2D eigenvalue weighted by atomic mass is 16.5. The molecule has 18 heavy (non-hydrogen) atoms. The van der Waals surface area contributed by atoms with Gasteiger partial charge < -0.3 is 14.6 Å². The minimum atomic E-state index is 0.756. The molecule has 0 aliphatic carbocycles. The molecule has 0 amide bonds. The number of para-hydroxylation sites is 1. The van der Waals surface area contributed by atoms with Crippen molar-refractivity contribution in [2.24, 2.45) is 7.05 Å². The van der Waals surface area contributed by atoms with Crippen LogP contribution in [0, 0.1) is 6.92 Å². The Morgan fingerprint density at radius 3 is 2.72 bits per heavy atom. The van der Waals surface area contributed by atoms with Gasteiger partial charge in [0.15, 0.2) is 0 Å². The standard InChI is InChI=1S/C14H19N3O/c1-10-14(16-13(9-15-2)17(10)3)11-7-5-6-8-12(11)18-4/h5-8,15H,9H2,1-4H3. The van der Waals surface area contributed by atoms with Crippen molar-refractivity contribution < 1.29 is 4.74 Å².